The zero-order valence-electron chi connectivity index (χ0n) is 14.1. The Morgan fingerprint density at radius 2 is 2.09 bits per heavy atom. The quantitative estimate of drug-likeness (QED) is 0.796. The van der Waals surface area contributed by atoms with Gasteiger partial charge >= 0.3 is 6.09 Å². The lowest BCUT2D eigenvalue weighted by molar-refractivity contribution is -0.0511. The number of hydrogen-bond acceptors (Lipinski definition) is 5. The molecule has 6 nitrogen and oxygen atoms in total. The third kappa shape index (κ3) is 3.52. The van der Waals surface area contributed by atoms with E-state index in [2.05, 4.69) is 16.3 Å². The number of carbonyl (C=O) groups excluding carboxylic acids is 1. The largest absolute Gasteiger partial charge is 0.444 e. The molecule has 0 N–H and O–H groups in total. The van der Waals surface area contributed by atoms with Crippen LogP contribution in [0.2, 0.25) is 0 Å². The average molecular weight is 317 g/mol. The molecule has 3 rings (SSSR count). The van der Waals surface area contributed by atoms with Crippen molar-refractivity contribution in [1.29, 1.82) is 0 Å². The standard InChI is InChI=1S/C17H23N3O3/c1-11-5-6-15(19-18-11)12-7-13-9-22-10-14(8-12)20(13)16(21)23-17(2,3)4/h5-7,13-14H,8-10H2,1-4H3. The Morgan fingerprint density at radius 1 is 1.30 bits per heavy atom. The molecule has 0 radical (unpaired) electrons. The second kappa shape index (κ2) is 5.92. The lowest BCUT2D eigenvalue weighted by Crippen LogP contribution is -2.57. The molecule has 3 heterocycles. The fourth-order valence-electron chi connectivity index (χ4n) is 2.96. The Bertz CT molecular complexity index is 619. The summed E-state index contributed by atoms with van der Waals surface area (Å²) in [6.45, 7) is 8.56. The Kier molecular flexibility index (Phi) is 4.10. The van der Waals surface area contributed by atoms with E-state index < -0.39 is 5.60 Å². The van der Waals surface area contributed by atoms with Crippen LogP contribution in [-0.2, 0) is 9.47 Å². The molecule has 0 aliphatic carbocycles. The van der Waals surface area contributed by atoms with Gasteiger partial charge in [0.2, 0.25) is 0 Å². The van der Waals surface area contributed by atoms with Crippen LogP contribution in [0.15, 0.2) is 18.2 Å². The van der Waals surface area contributed by atoms with E-state index >= 15 is 0 Å². The number of aromatic nitrogens is 2. The highest BCUT2D eigenvalue weighted by Crippen LogP contribution is 2.32. The van der Waals surface area contributed by atoms with Crippen LogP contribution in [0, 0.1) is 6.92 Å². The van der Waals surface area contributed by atoms with Crippen molar-refractivity contribution < 1.29 is 14.3 Å². The summed E-state index contributed by atoms with van der Waals surface area (Å²) in [4.78, 5) is 14.3. The van der Waals surface area contributed by atoms with Gasteiger partial charge in [-0.2, -0.15) is 10.2 Å². The van der Waals surface area contributed by atoms with Crippen LogP contribution < -0.4 is 0 Å². The third-order valence-corrected chi connectivity index (χ3v) is 3.93. The number of morpholine rings is 1. The van der Waals surface area contributed by atoms with Crippen LogP contribution in [-0.4, -0.2) is 52.1 Å². The predicted molar refractivity (Wildman–Crippen MR) is 85.8 cm³/mol. The van der Waals surface area contributed by atoms with Crippen molar-refractivity contribution in [3.63, 3.8) is 0 Å². The van der Waals surface area contributed by atoms with Crippen molar-refractivity contribution in [2.45, 2.75) is 51.8 Å². The summed E-state index contributed by atoms with van der Waals surface area (Å²) in [6.07, 6.45) is 2.48. The fraction of sp³-hybridized carbons (Fsp3) is 0.588. The van der Waals surface area contributed by atoms with Gasteiger partial charge in [0.1, 0.15) is 5.60 Å². The van der Waals surface area contributed by atoms with Gasteiger partial charge in [-0.3, -0.25) is 4.90 Å². The highest BCUT2D eigenvalue weighted by Gasteiger charge is 2.40. The van der Waals surface area contributed by atoms with Gasteiger partial charge in [-0.05, 0) is 51.8 Å². The number of aryl methyl sites for hydroxylation is 1. The molecule has 1 saturated heterocycles. The zero-order chi connectivity index (χ0) is 16.6. The van der Waals surface area contributed by atoms with E-state index in [1.807, 2.05) is 39.8 Å². The van der Waals surface area contributed by atoms with E-state index in [0.717, 1.165) is 17.0 Å². The Hall–Kier alpha value is -1.95. The monoisotopic (exact) mass is 317 g/mol. The summed E-state index contributed by atoms with van der Waals surface area (Å²) in [5.74, 6) is 0. The first-order valence-corrected chi connectivity index (χ1v) is 7.94. The molecule has 1 fully saturated rings. The molecule has 6 heteroatoms. The van der Waals surface area contributed by atoms with Gasteiger partial charge in [0.15, 0.2) is 0 Å². The molecule has 2 aliphatic heterocycles. The number of hydrogen-bond donors (Lipinski definition) is 0. The molecule has 1 amide bonds. The van der Waals surface area contributed by atoms with Gasteiger partial charge in [0.05, 0.1) is 36.7 Å². The van der Waals surface area contributed by atoms with Crippen LogP contribution in [0.4, 0.5) is 4.79 Å². The molecule has 2 aliphatic rings. The van der Waals surface area contributed by atoms with Crippen molar-refractivity contribution in [3.8, 4) is 0 Å². The van der Waals surface area contributed by atoms with Gasteiger partial charge < -0.3 is 9.47 Å². The first-order chi connectivity index (χ1) is 10.8. The van der Waals surface area contributed by atoms with E-state index in [1.165, 1.54) is 0 Å². The van der Waals surface area contributed by atoms with Crippen molar-refractivity contribution in [2.75, 3.05) is 13.2 Å². The second-order valence-corrected chi connectivity index (χ2v) is 7.10. The van der Waals surface area contributed by atoms with Crippen LogP contribution in [0.3, 0.4) is 0 Å². The summed E-state index contributed by atoms with van der Waals surface area (Å²) in [5, 5.41) is 8.39. The Labute approximate surface area is 136 Å². The molecule has 2 atom stereocenters. The van der Waals surface area contributed by atoms with Crippen LogP contribution in [0.25, 0.3) is 5.57 Å². The number of carbonyl (C=O) groups is 1. The summed E-state index contributed by atoms with van der Waals surface area (Å²) in [6, 6.07) is 3.80. The van der Waals surface area contributed by atoms with Crippen LogP contribution in [0.1, 0.15) is 38.6 Å². The maximum atomic E-state index is 12.5. The number of rotatable bonds is 1. The maximum absolute atomic E-state index is 12.5. The Balaban J connectivity index is 1.84. The molecular formula is C17H23N3O3. The minimum absolute atomic E-state index is 0.0216. The molecule has 1 aromatic rings. The maximum Gasteiger partial charge on any atom is 0.411 e. The minimum atomic E-state index is -0.501. The summed E-state index contributed by atoms with van der Waals surface area (Å²) >= 11 is 0. The summed E-state index contributed by atoms with van der Waals surface area (Å²) in [5.41, 5.74) is 2.38. The first kappa shape index (κ1) is 15.9. The fourth-order valence-corrected chi connectivity index (χ4v) is 2.96. The number of ether oxygens (including phenoxy) is 2. The van der Waals surface area contributed by atoms with Gasteiger partial charge in [-0.1, -0.05) is 6.08 Å². The molecule has 1 aromatic heterocycles. The predicted octanol–water partition coefficient (Wildman–Crippen LogP) is 2.58. The van der Waals surface area contributed by atoms with Gasteiger partial charge in [0.25, 0.3) is 0 Å². The lowest BCUT2D eigenvalue weighted by atomic mass is 9.92. The molecule has 23 heavy (non-hydrogen) atoms. The molecule has 2 bridgehead atoms. The zero-order valence-corrected chi connectivity index (χ0v) is 14.1. The summed E-state index contributed by atoms with van der Waals surface area (Å²) in [7, 11) is 0. The number of nitrogens with zero attached hydrogens (tertiary/aromatic N) is 3. The average Bonchev–Trinajstić information content (AvgIpc) is 2.44. The molecular weight excluding hydrogens is 294 g/mol. The molecule has 0 saturated carbocycles. The van der Waals surface area contributed by atoms with E-state index in [0.29, 0.717) is 19.6 Å². The minimum Gasteiger partial charge on any atom is -0.444 e. The number of fused-ring (bicyclic) bond motifs is 2. The van der Waals surface area contributed by atoms with Gasteiger partial charge in [-0.25, -0.2) is 4.79 Å². The van der Waals surface area contributed by atoms with E-state index in [-0.39, 0.29) is 18.2 Å². The summed E-state index contributed by atoms with van der Waals surface area (Å²) < 4.78 is 11.2. The lowest BCUT2D eigenvalue weighted by Gasteiger charge is -2.44. The van der Waals surface area contributed by atoms with Gasteiger partial charge in [-0.15, -0.1) is 0 Å². The normalized spacial score (nSPS) is 24.2. The van der Waals surface area contributed by atoms with Crippen LogP contribution >= 0.6 is 0 Å². The smallest absolute Gasteiger partial charge is 0.411 e. The topological polar surface area (TPSA) is 64.5 Å². The van der Waals surface area contributed by atoms with E-state index in [4.69, 9.17) is 9.47 Å². The van der Waals surface area contributed by atoms with E-state index in [1.54, 1.807) is 4.90 Å². The molecule has 0 aromatic carbocycles. The van der Waals surface area contributed by atoms with Crippen LogP contribution in [0.5, 0.6) is 0 Å². The van der Waals surface area contributed by atoms with Crippen molar-refractivity contribution in [1.82, 2.24) is 15.1 Å². The van der Waals surface area contributed by atoms with Crippen molar-refractivity contribution in [3.05, 3.63) is 29.6 Å². The first-order valence-electron chi connectivity index (χ1n) is 7.94. The van der Waals surface area contributed by atoms with E-state index in [9.17, 15) is 4.79 Å². The molecule has 124 valence electrons. The van der Waals surface area contributed by atoms with Crippen molar-refractivity contribution >= 4 is 11.7 Å². The Morgan fingerprint density at radius 3 is 2.70 bits per heavy atom. The van der Waals surface area contributed by atoms with Gasteiger partial charge in [0, 0.05) is 0 Å². The number of amides is 1. The molecule has 2 unspecified atom stereocenters. The highest BCUT2D eigenvalue weighted by molar-refractivity contribution is 5.73. The third-order valence-electron chi connectivity index (χ3n) is 3.93. The highest BCUT2D eigenvalue weighted by atomic mass is 16.6. The van der Waals surface area contributed by atoms with Crippen molar-refractivity contribution in [2.24, 2.45) is 0 Å². The molecule has 0 spiro atoms. The second-order valence-electron chi connectivity index (χ2n) is 7.10. The SMILES string of the molecule is Cc1ccc(C2=CC3COCC(C2)N3C(=O)OC(C)(C)C)nn1.